The van der Waals surface area contributed by atoms with E-state index in [1.807, 2.05) is 42.5 Å². The van der Waals surface area contributed by atoms with Crippen LogP contribution in [0.1, 0.15) is 0 Å². The number of furan rings is 1. The van der Waals surface area contributed by atoms with Crippen molar-refractivity contribution in [3.05, 3.63) is 206 Å². The van der Waals surface area contributed by atoms with Crippen molar-refractivity contribution in [1.82, 2.24) is 4.98 Å². The van der Waals surface area contributed by atoms with Crippen molar-refractivity contribution in [2.24, 2.45) is 0 Å². The van der Waals surface area contributed by atoms with Crippen LogP contribution in [0.5, 0.6) is 0 Å². The lowest BCUT2D eigenvalue weighted by Crippen LogP contribution is -2.10. The number of rotatable bonds is 6. The zero-order valence-corrected chi connectivity index (χ0v) is 31.8. The Morgan fingerprint density at radius 1 is 0.373 bits per heavy atom. The van der Waals surface area contributed by atoms with E-state index in [1.54, 1.807) is 0 Å². The summed E-state index contributed by atoms with van der Waals surface area (Å²) in [4.78, 5) is 7.36. The Morgan fingerprint density at radius 2 is 1.00 bits per heavy atom. The van der Waals surface area contributed by atoms with E-state index in [2.05, 4.69) is 169 Å². The first-order chi connectivity index (χ1) is 29.2. The van der Waals surface area contributed by atoms with Gasteiger partial charge in [-0.15, -0.1) is 0 Å². The molecule has 2 aromatic heterocycles. The number of benzene rings is 10. The van der Waals surface area contributed by atoms with E-state index in [4.69, 9.17) is 13.8 Å². The second-order valence-corrected chi connectivity index (χ2v) is 15.1. The first kappa shape index (κ1) is 33.2. The van der Waals surface area contributed by atoms with Crippen molar-refractivity contribution >= 4 is 82.4 Å². The third-order valence-corrected chi connectivity index (χ3v) is 11.7. The Balaban J connectivity index is 1.12. The summed E-state index contributed by atoms with van der Waals surface area (Å²) in [5, 5.41) is 8.89. The third kappa shape index (κ3) is 5.42. The van der Waals surface area contributed by atoms with Gasteiger partial charge in [0.2, 0.25) is 5.89 Å². The van der Waals surface area contributed by atoms with Gasteiger partial charge in [0.15, 0.2) is 5.58 Å². The molecule has 0 fully saturated rings. The number of aromatic nitrogens is 1. The van der Waals surface area contributed by atoms with Crippen LogP contribution in [0.3, 0.4) is 0 Å². The van der Waals surface area contributed by atoms with Gasteiger partial charge in [0.25, 0.3) is 0 Å². The monoisotopic (exact) mass is 754 g/mol. The Morgan fingerprint density at radius 3 is 1.85 bits per heavy atom. The highest BCUT2D eigenvalue weighted by Gasteiger charge is 2.21. The molecule has 0 aliphatic rings. The van der Waals surface area contributed by atoms with Crippen LogP contribution in [0.4, 0.5) is 17.1 Å². The predicted molar refractivity (Wildman–Crippen MR) is 245 cm³/mol. The third-order valence-electron chi connectivity index (χ3n) is 11.7. The van der Waals surface area contributed by atoms with Crippen LogP contribution in [-0.2, 0) is 0 Å². The van der Waals surface area contributed by atoms with Crippen molar-refractivity contribution in [2.75, 3.05) is 4.90 Å². The lowest BCUT2D eigenvalue weighted by Gasteiger charge is -2.28. The lowest BCUT2D eigenvalue weighted by atomic mass is 9.93. The molecule has 0 bridgehead atoms. The number of hydrogen-bond donors (Lipinski definition) is 0. The largest absolute Gasteiger partial charge is 0.456 e. The quantitative estimate of drug-likeness (QED) is 0.159. The highest BCUT2D eigenvalue weighted by molar-refractivity contribution is 6.27. The highest BCUT2D eigenvalue weighted by atomic mass is 16.3. The average Bonchev–Trinajstić information content (AvgIpc) is 3.92. The Kier molecular flexibility index (Phi) is 7.50. The minimum atomic E-state index is 0.619. The van der Waals surface area contributed by atoms with Crippen LogP contribution < -0.4 is 4.90 Å². The van der Waals surface area contributed by atoms with E-state index in [0.717, 1.165) is 93.5 Å². The van der Waals surface area contributed by atoms with Crippen LogP contribution >= 0.6 is 0 Å². The molecule has 0 saturated heterocycles. The smallest absolute Gasteiger partial charge is 0.227 e. The molecule has 4 nitrogen and oxygen atoms in total. The Labute approximate surface area is 339 Å². The van der Waals surface area contributed by atoms with Crippen LogP contribution in [0.25, 0.3) is 99.1 Å². The molecular formula is C55H34N2O2. The van der Waals surface area contributed by atoms with Crippen molar-refractivity contribution in [1.29, 1.82) is 0 Å². The average molecular weight is 755 g/mol. The van der Waals surface area contributed by atoms with Gasteiger partial charge in [-0.25, -0.2) is 4.98 Å². The molecule has 0 amide bonds. The van der Waals surface area contributed by atoms with Gasteiger partial charge in [-0.2, -0.15) is 0 Å². The fourth-order valence-electron chi connectivity index (χ4n) is 8.96. The molecule has 0 aliphatic carbocycles. The van der Waals surface area contributed by atoms with Gasteiger partial charge in [0, 0.05) is 43.9 Å². The molecule has 12 aromatic rings. The second-order valence-electron chi connectivity index (χ2n) is 15.1. The topological polar surface area (TPSA) is 42.4 Å². The van der Waals surface area contributed by atoms with E-state index in [1.165, 1.54) is 16.7 Å². The Bertz CT molecular complexity index is 3570. The summed E-state index contributed by atoms with van der Waals surface area (Å²) < 4.78 is 13.0. The maximum absolute atomic E-state index is 6.68. The summed E-state index contributed by atoms with van der Waals surface area (Å²) in [6.07, 6.45) is 0. The molecule has 12 rings (SSSR count). The molecule has 59 heavy (non-hydrogen) atoms. The van der Waals surface area contributed by atoms with Crippen molar-refractivity contribution < 1.29 is 8.83 Å². The summed E-state index contributed by atoms with van der Waals surface area (Å²) >= 11 is 0. The van der Waals surface area contributed by atoms with Crippen molar-refractivity contribution in [3.8, 4) is 33.7 Å². The normalized spacial score (nSPS) is 11.7. The van der Waals surface area contributed by atoms with Gasteiger partial charge in [-0.1, -0.05) is 146 Å². The molecule has 0 saturated carbocycles. The minimum absolute atomic E-state index is 0.619. The van der Waals surface area contributed by atoms with Crippen LogP contribution in [0, 0.1) is 0 Å². The van der Waals surface area contributed by atoms with Gasteiger partial charge >= 0.3 is 0 Å². The predicted octanol–water partition coefficient (Wildman–Crippen LogP) is 15.7. The summed E-state index contributed by atoms with van der Waals surface area (Å²) in [5.74, 6) is 0.619. The summed E-state index contributed by atoms with van der Waals surface area (Å²) in [6, 6.07) is 72.9. The zero-order chi connectivity index (χ0) is 38.9. The molecule has 276 valence electrons. The first-order valence-electron chi connectivity index (χ1n) is 19.9. The number of para-hydroxylation sites is 1. The minimum Gasteiger partial charge on any atom is -0.456 e. The van der Waals surface area contributed by atoms with E-state index in [-0.39, 0.29) is 0 Å². The fraction of sp³-hybridized carbons (Fsp3) is 0. The molecule has 0 aliphatic heterocycles. The molecular weight excluding hydrogens is 721 g/mol. The Hall–Kier alpha value is -7.95. The lowest BCUT2D eigenvalue weighted by molar-refractivity contribution is 0.623. The van der Waals surface area contributed by atoms with Gasteiger partial charge < -0.3 is 13.7 Å². The summed E-state index contributed by atoms with van der Waals surface area (Å²) in [7, 11) is 0. The van der Waals surface area contributed by atoms with Gasteiger partial charge in [-0.3, -0.25) is 0 Å². The maximum Gasteiger partial charge on any atom is 0.227 e. The SMILES string of the molecule is c1ccc(-c2nc3ccc4ccc5ccc6c(N(c7cccc(-c8ccccc8-c8ccccc8)c7)c7ccc8oc9ccccc9c8c7)cccc6c5c4c3o2)cc1. The fourth-order valence-corrected chi connectivity index (χ4v) is 8.96. The molecule has 0 atom stereocenters. The molecule has 0 unspecified atom stereocenters. The summed E-state index contributed by atoms with van der Waals surface area (Å²) in [6.45, 7) is 0. The molecule has 0 N–H and O–H groups in total. The van der Waals surface area contributed by atoms with E-state index < -0.39 is 0 Å². The van der Waals surface area contributed by atoms with Gasteiger partial charge in [-0.05, 0) is 99.1 Å². The molecule has 4 heteroatoms. The second kappa shape index (κ2) is 13.3. The van der Waals surface area contributed by atoms with Gasteiger partial charge in [0.05, 0.1) is 5.69 Å². The number of anilines is 3. The van der Waals surface area contributed by atoms with E-state index >= 15 is 0 Å². The molecule has 10 aromatic carbocycles. The number of fused-ring (bicyclic) bond motifs is 10. The number of nitrogens with zero attached hydrogens (tertiary/aromatic N) is 2. The van der Waals surface area contributed by atoms with E-state index in [0.29, 0.717) is 5.89 Å². The van der Waals surface area contributed by atoms with E-state index in [9.17, 15) is 0 Å². The van der Waals surface area contributed by atoms with Gasteiger partial charge in [0.1, 0.15) is 16.7 Å². The van der Waals surface area contributed by atoms with Crippen LogP contribution in [-0.4, -0.2) is 4.98 Å². The number of oxazole rings is 1. The molecule has 2 heterocycles. The summed E-state index contributed by atoms with van der Waals surface area (Å²) in [5.41, 5.74) is 12.2. The first-order valence-corrected chi connectivity index (χ1v) is 19.9. The molecule has 0 spiro atoms. The van der Waals surface area contributed by atoms with Crippen molar-refractivity contribution in [3.63, 3.8) is 0 Å². The zero-order valence-electron chi connectivity index (χ0n) is 31.8. The highest BCUT2D eigenvalue weighted by Crippen LogP contribution is 2.46. The van der Waals surface area contributed by atoms with Crippen LogP contribution in [0.15, 0.2) is 215 Å². The van der Waals surface area contributed by atoms with Crippen LogP contribution in [0.2, 0.25) is 0 Å². The molecule has 0 radical (unpaired) electrons. The standard InChI is InChI=1S/C55H34N2O2/c1-3-13-35(14-4-1)42-19-7-8-20-43(42)39-17-11-18-40(33-39)57(41-29-32-51-47(34-41)45-21-9-10-24-50(45)58-51)49-23-12-22-46-44(49)30-27-36-25-26-37-28-31-48-54(53(37)52(36)46)59-55(56-48)38-15-5-2-6-16-38/h1-34H. The van der Waals surface area contributed by atoms with Crippen molar-refractivity contribution in [2.45, 2.75) is 0 Å². The number of hydrogen-bond acceptors (Lipinski definition) is 4. The maximum atomic E-state index is 6.68.